The lowest BCUT2D eigenvalue weighted by molar-refractivity contribution is -0.126. The lowest BCUT2D eigenvalue weighted by Gasteiger charge is -2.44. The maximum Gasteiger partial charge on any atom is 0.275 e. The van der Waals surface area contributed by atoms with Crippen LogP contribution in [0.25, 0.3) is 10.2 Å². The molecule has 0 fully saturated rings. The number of thiophene rings is 1. The fourth-order valence-electron chi connectivity index (χ4n) is 4.17. The first kappa shape index (κ1) is 20.4. The number of halogens is 2. The standard InChI is InChI=1S/C24H19F2N3O2S/c1-24(23(31)27-13-15-2-4-17(25)5-3-15)14-28-20(12-16-10-11-32-22(16)28)21(30)29(24)19-8-6-18(26)7-9-19/h2-12H,13-14H2,1H3,(H,27,31)/t24-/m0/s1. The van der Waals surface area contributed by atoms with Crippen LogP contribution in [-0.2, 0) is 17.9 Å². The molecule has 0 bridgehead atoms. The number of nitrogens with one attached hydrogen (secondary N) is 1. The largest absolute Gasteiger partial charge is 0.350 e. The SMILES string of the molecule is C[C@@]1(C(=O)NCc2ccc(F)cc2)Cn2c(cc3ccsc32)C(=O)N1c1ccc(F)cc1. The summed E-state index contributed by atoms with van der Waals surface area (Å²) in [5, 5.41) is 5.77. The van der Waals surface area contributed by atoms with Crippen molar-refractivity contribution in [2.45, 2.75) is 25.6 Å². The normalized spacial score (nSPS) is 18.1. The van der Waals surface area contributed by atoms with Crippen LogP contribution in [0.15, 0.2) is 66.0 Å². The molecular formula is C24H19F2N3O2S. The van der Waals surface area contributed by atoms with Crippen LogP contribution in [0.5, 0.6) is 0 Å². The van der Waals surface area contributed by atoms with Gasteiger partial charge in [-0.3, -0.25) is 14.5 Å². The summed E-state index contributed by atoms with van der Waals surface area (Å²) in [4.78, 5) is 29.5. The van der Waals surface area contributed by atoms with E-state index >= 15 is 0 Å². The van der Waals surface area contributed by atoms with Gasteiger partial charge in [0.2, 0.25) is 5.91 Å². The number of aromatic nitrogens is 1. The molecule has 0 saturated carbocycles. The molecule has 0 spiro atoms. The van der Waals surface area contributed by atoms with Crippen molar-refractivity contribution < 1.29 is 18.4 Å². The molecule has 162 valence electrons. The second kappa shape index (κ2) is 7.56. The van der Waals surface area contributed by atoms with Crippen molar-refractivity contribution in [3.05, 3.63) is 88.9 Å². The predicted octanol–water partition coefficient (Wildman–Crippen LogP) is 4.72. The van der Waals surface area contributed by atoms with Crippen molar-refractivity contribution in [1.82, 2.24) is 9.88 Å². The number of carbonyl (C=O) groups excluding carboxylic acids is 2. The van der Waals surface area contributed by atoms with E-state index in [1.165, 1.54) is 52.6 Å². The fraction of sp³-hybridized carbons (Fsp3) is 0.167. The summed E-state index contributed by atoms with van der Waals surface area (Å²) in [6.07, 6.45) is 0. The summed E-state index contributed by atoms with van der Waals surface area (Å²) in [6, 6.07) is 15.2. The van der Waals surface area contributed by atoms with Gasteiger partial charge in [0.25, 0.3) is 5.91 Å². The molecule has 0 radical (unpaired) electrons. The Bertz CT molecular complexity index is 1330. The number of hydrogen-bond donors (Lipinski definition) is 1. The number of fused-ring (bicyclic) bond motifs is 3. The maximum absolute atomic E-state index is 13.6. The highest BCUT2D eigenvalue weighted by atomic mass is 32.1. The van der Waals surface area contributed by atoms with Gasteiger partial charge in [-0.2, -0.15) is 0 Å². The van der Waals surface area contributed by atoms with Crippen LogP contribution in [0, 0.1) is 11.6 Å². The molecule has 32 heavy (non-hydrogen) atoms. The maximum atomic E-state index is 13.6. The molecule has 2 aromatic heterocycles. The molecule has 2 amide bonds. The molecule has 2 aromatic carbocycles. The van der Waals surface area contributed by atoms with E-state index in [4.69, 9.17) is 0 Å². The zero-order valence-electron chi connectivity index (χ0n) is 17.1. The van der Waals surface area contributed by atoms with Crippen LogP contribution >= 0.6 is 11.3 Å². The molecular weight excluding hydrogens is 432 g/mol. The Morgan fingerprint density at radius 3 is 2.41 bits per heavy atom. The van der Waals surface area contributed by atoms with Crippen LogP contribution in [0.1, 0.15) is 23.0 Å². The Balaban J connectivity index is 1.55. The summed E-state index contributed by atoms with van der Waals surface area (Å²) in [6.45, 7) is 2.13. The van der Waals surface area contributed by atoms with E-state index in [0.717, 1.165) is 15.8 Å². The molecule has 5 rings (SSSR count). The van der Waals surface area contributed by atoms with E-state index < -0.39 is 11.4 Å². The summed E-state index contributed by atoms with van der Waals surface area (Å²) in [5.41, 5.74) is 0.394. The van der Waals surface area contributed by atoms with Gasteiger partial charge < -0.3 is 9.88 Å². The first-order valence-electron chi connectivity index (χ1n) is 10.1. The quantitative estimate of drug-likeness (QED) is 0.488. The lowest BCUT2D eigenvalue weighted by Crippen LogP contribution is -2.64. The average Bonchev–Trinajstić information content (AvgIpc) is 3.37. The topological polar surface area (TPSA) is 54.3 Å². The monoisotopic (exact) mass is 451 g/mol. The lowest BCUT2D eigenvalue weighted by atomic mass is 9.93. The van der Waals surface area contributed by atoms with Crippen LogP contribution < -0.4 is 10.2 Å². The van der Waals surface area contributed by atoms with Gasteiger partial charge in [0.1, 0.15) is 27.7 Å². The van der Waals surface area contributed by atoms with E-state index in [1.54, 1.807) is 19.1 Å². The van der Waals surface area contributed by atoms with Gasteiger partial charge in [0.05, 0.1) is 6.54 Å². The molecule has 3 heterocycles. The third kappa shape index (κ3) is 3.27. The van der Waals surface area contributed by atoms with E-state index in [2.05, 4.69) is 5.32 Å². The number of benzene rings is 2. The van der Waals surface area contributed by atoms with Gasteiger partial charge in [-0.05, 0) is 66.4 Å². The molecule has 0 aliphatic carbocycles. The van der Waals surface area contributed by atoms with Gasteiger partial charge in [0.15, 0.2) is 0 Å². The van der Waals surface area contributed by atoms with E-state index in [9.17, 15) is 18.4 Å². The van der Waals surface area contributed by atoms with Crippen molar-refractivity contribution in [3.63, 3.8) is 0 Å². The Hall–Kier alpha value is -3.52. The van der Waals surface area contributed by atoms with Crippen LogP contribution in [0.4, 0.5) is 14.5 Å². The number of anilines is 1. The summed E-state index contributed by atoms with van der Waals surface area (Å²) in [5.74, 6) is -1.47. The van der Waals surface area contributed by atoms with Crippen LogP contribution in [0.3, 0.4) is 0 Å². The highest BCUT2D eigenvalue weighted by molar-refractivity contribution is 7.16. The number of carbonyl (C=O) groups is 2. The molecule has 0 saturated heterocycles. The Kier molecular flexibility index (Phi) is 4.82. The zero-order valence-corrected chi connectivity index (χ0v) is 18.0. The van der Waals surface area contributed by atoms with Crippen molar-refractivity contribution in [3.8, 4) is 0 Å². The molecule has 0 unspecified atom stereocenters. The van der Waals surface area contributed by atoms with Crippen molar-refractivity contribution >= 4 is 39.1 Å². The first-order chi connectivity index (χ1) is 15.4. The van der Waals surface area contributed by atoms with Gasteiger partial charge in [-0.25, -0.2) is 8.78 Å². The average molecular weight is 451 g/mol. The van der Waals surface area contributed by atoms with Crippen molar-refractivity contribution in [1.29, 1.82) is 0 Å². The number of hydrogen-bond acceptors (Lipinski definition) is 3. The first-order valence-corrected chi connectivity index (χ1v) is 10.9. The number of rotatable bonds is 4. The minimum Gasteiger partial charge on any atom is -0.350 e. The molecule has 1 N–H and O–H groups in total. The van der Waals surface area contributed by atoms with E-state index in [-0.39, 0.29) is 30.7 Å². The highest BCUT2D eigenvalue weighted by Gasteiger charge is 2.48. The van der Waals surface area contributed by atoms with Gasteiger partial charge in [0, 0.05) is 17.6 Å². The van der Waals surface area contributed by atoms with Crippen LogP contribution in [-0.4, -0.2) is 21.9 Å². The molecule has 5 nitrogen and oxygen atoms in total. The third-order valence-electron chi connectivity index (χ3n) is 5.82. The predicted molar refractivity (Wildman–Crippen MR) is 120 cm³/mol. The highest BCUT2D eigenvalue weighted by Crippen LogP contribution is 2.37. The van der Waals surface area contributed by atoms with Crippen molar-refractivity contribution in [2.24, 2.45) is 0 Å². The Labute approximate surface area is 186 Å². The molecule has 1 atom stereocenters. The minimum absolute atomic E-state index is 0.188. The van der Waals surface area contributed by atoms with Crippen LogP contribution in [0.2, 0.25) is 0 Å². The van der Waals surface area contributed by atoms with E-state index in [0.29, 0.717) is 11.4 Å². The van der Waals surface area contributed by atoms with E-state index in [1.807, 2.05) is 22.1 Å². The fourth-order valence-corrected chi connectivity index (χ4v) is 5.06. The molecule has 1 aliphatic rings. The van der Waals surface area contributed by atoms with Gasteiger partial charge in [-0.1, -0.05) is 12.1 Å². The van der Waals surface area contributed by atoms with Crippen molar-refractivity contribution in [2.75, 3.05) is 4.90 Å². The minimum atomic E-state index is -1.27. The summed E-state index contributed by atoms with van der Waals surface area (Å²) in [7, 11) is 0. The summed E-state index contributed by atoms with van der Waals surface area (Å²) >= 11 is 1.51. The third-order valence-corrected chi connectivity index (χ3v) is 6.78. The second-order valence-electron chi connectivity index (χ2n) is 8.00. The molecule has 1 aliphatic heterocycles. The second-order valence-corrected chi connectivity index (χ2v) is 8.89. The zero-order chi connectivity index (χ0) is 22.5. The molecule has 4 aromatic rings. The van der Waals surface area contributed by atoms with Gasteiger partial charge >= 0.3 is 0 Å². The Morgan fingerprint density at radius 1 is 1.06 bits per heavy atom. The number of nitrogens with zero attached hydrogens (tertiary/aromatic N) is 2. The smallest absolute Gasteiger partial charge is 0.275 e. The number of amides is 2. The van der Waals surface area contributed by atoms with Gasteiger partial charge in [-0.15, -0.1) is 11.3 Å². The summed E-state index contributed by atoms with van der Waals surface area (Å²) < 4.78 is 28.6. The Morgan fingerprint density at radius 2 is 1.72 bits per heavy atom. The molecule has 8 heteroatoms.